The van der Waals surface area contributed by atoms with Gasteiger partial charge in [0.25, 0.3) is 0 Å². The summed E-state index contributed by atoms with van der Waals surface area (Å²) >= 11 is 0. The minimum absolute atomic E-state index is 0.0421. The summed E-state index contributed by atoms with van der Waals surface area (Å²) in [5, 5.41) is 5.85. The summed E-state index contributed by atoms with van der Waals surface area (Å²) < 4.78 is 42.5. The van der Waals surface area contributed by atoms with Crippen LogP contribution < -0.4 is 5.73 Å². The molecule has 0 fully saturated rings. The highest BCUT2D eigenvalue weighted by atomic mass is 19.4. The second-order valence-electron chi connectivity index (χ2n) is 9.83. The van der Waals surface area contributed by atoms with Crippen molar-refractivity contribution in [3.8, 4) is 11.4 Å². The van der Waals surface area contributed by atoms with Gasteiger partial charge in [-0.2, -0.15) is 18.3 Å². The standard InChI is InChI=1S/C27H29F3N8/c1-15(2)32-23(16(3)12-31)24-33-19-6-5-7-20-22(19)26(35-24)38(36-20)13-17-8-10-18(11-9-17)25-34-21(14-37(25)4)27(28,29)30/h8-12,14-15H,5-7,13,31H2,1-4H3/b16-12-,32-23?. The third-order valence-electron chi connectivity index (χ3n) is 6.50. The van der Waals surface area contributed by atoms with E-state index in [4.69, 9.17) is 25.8 Å². The lowest BCUT2D eigenvalue weighted by molar-refractivity contribution is -0.140. The molecule has 3 heterocycles. The lowest BCUT2D eigenvalue weighted by Gasteiger charge is -2.13. The van der Waals surface area contributed by atoms with Crippen LogP contribution in [-0.2, 0) is 32.6 Å². The first-order chi connectivity index (χ1) is 18.0. The lowest BCUT2D eigenvalue weighted by Crippen LogP contribution is -2.15. The second kappa shape index (κ2) is 9.70. The Kier molecular flexibility index (Phi) is 6.54. The van der Waals surface area contributed by atoms with E-state index in [1.165, 1.54) is 10.8 Å². The van der Waals surface area contributed by atoms with E-state index in [1.54, 1.807) is 19.2 Å². The van der Waals surface area contributed by atoms with Crippen molar-refractivity contribution in [2.45, 2.75) is 58.8 Å². The molecule has 4 aromatic rings. The van der Waals surface area contributed by atoms with Gasteiger partial charge in [-0.05, 0) is 57.4 Å². The first kappa shape index (κ1) is 25.6. The highest BCUT2D eigenvalue weighted by Crippen LogP contribution is 2.31. The molecule has 1 aromatic carbocycles. The number of alkyl halides is 3. The van der Waals surface area contributed by atoms with Gasteiger partial charge in [0.1, 0.15) is 11.5 Å². The van der Waals surface area contributed by atoms with Crippen LogP contribution in [0.5, 0.6) is 0 Å². The van der Waals surface area contributed by atoms with Crippen molar-refractivity contribution in [3.05, 3.63) is 70.7 Å². The molecule has 0 aliphatic heterocycles. The largest absolute Gasteiger partial charge is 0.434 e. The number of halogens is 3. The highest BCUT2D eigenvalue weighted by Gasteiger charge is 2.34. The van der Waals surface area contributed by atoms with Crippen molar-refractivity contribution in [3.63, 3.8) is 0 Å². The molecule has 0 bridgehead atoms. The zero-order valence-corrected chi connectivity index (χ0v) is 21.7. The molecule has 5 rings (SSSR count). The second-order valence-corrected chi connectivity index (χ2v) is 9.83. The predicted molar refractivity (Wildman–Crippen MR) is 140 cm³/mol. The maximum atomic E-state index is 13.1. The lowest BCUT2D eigenvalue weighted by atomic mass is 10.0. The summed E-state index contributed by atoms with van der Waals surface area (Å²) in [6.07, 6.45) is 0.669. The third-order valence-corrected chi connectivity index (χ3v) is 6.50. The Morgan fingerprint density at radius 2 is 1.82 bits per heavy atom. The van der Waals surface area contributed by atoms with E-state index in [0.717, 1.165) is 59.0 Å². The van der Waals surface area contributed by atoms with Gasteiger partial charge >= 0.3 is 6.18 Å². The Morgan fingerprint density at radius 1 is 1.11 bits per heavy atom. The molecule has 0 spiro atoms. The molecule has 0 saturated heterocycles. The van der Waals surface area contributed by atoms with Gasteiger partial charge in [0.15, 0.2) is 17.2 Å². The van der Waals surface area contributed by atoms with Crippen molar-refractivity contribution < 1.29 is 13.2 Å². The fraction of sp³-hybridized carbons (Fsp3) is 0.370. The Balaban J connectivity index is 1.52. The van der Waals surface area contributed by atoms with E-state index in [2.05, 4.69) is 4.98 Å². The maximum Gasteiger partial charge on any atom is 0.434 e. The molecule has 0 saturated carbocycles. The van der Waals surface area contributed by atoms with Gasteiger partial charge in [0.05, 0.1) is 23.3 Å². The molecule has 3 aromatic heterocycles. The van der Waals surface area contributed by atoms with Crippen LogP contribution in [0.4, 0.5) is 13.2 Å². The minimum Gasteiger partial charge on any atom is -0.404 e. The quantitative estimate of drug-likeness (QED) is 0.365. The van der Waals surface area contributed by atoms with Crippen LogP contribution in [0.15, 0.2) is 47.2 Å². The fourth-order valence-electron chi connectivity index (χ4n) is 4.69. The molecule has 1 aliphatic carbocycles. The van der Waals surface area contributed by atoms with Gasteiger partial charge in [-0.15, -0.1) is 0 Å². The normalized spacial score (nSPS) is 14.6. The van der Waals surface area contributed by atoms with Crippen LogP contribution in [0.25, 0.3) is 22.4 Å². The Labute approximate surface area is 218 Å². The summed E-state index contributed by atoms with van der Waals surface area (Å²) in [6, 6.07) is 7.34. The molecule has 38 heavy (non-hydrogen) atoms. The monoisotopic (exact) mass is 522 g/mol. The van der Waals surface area contributed by atoms with Gasteiger partial charge in [0.2, 0.25) is 0 Å². The number of benzene rings is 1. The average Bonchev–Trinajstić information content (AvgIpc) is 3.44. The summed E-state index contributed by atoms with van der Waals surface area (Å²) in [6.45, 7) is 6.33. The molecular formula is C27H29F3N8. The molecule has 0 unspecified atom stereocenters. The summed E-state index contributed by atoms with van der Waals surface area (Å²) in [4.78, 5) is 18.3. The number of aromatic nitrogens is 6. The number of hydrogen-bond donors (Lipinski definition) is 1. The first-order valence-electron chi connectivity index (χ1n) is 12.5. The number of nitrogens with zero attached hydrogens (tertiary/aromatic N) is 7. The van der Waals surface area contributed by atoms with Crippen molar-refractivity contribution in [2.75, 3.05) is 0 Å². The van der Waals surface area contributed by atoms with Crippen LogP contribution in [0.3, 0.4) is 0 Å². The zero-order valence-electron chi connectivity index (χ0n) is 21.7. The molecule has 0 atom stereocenters. The highest BCUT2D eigenvalue weighted by molar-refractivity contribution is 6.10. The summed E-state index contributed by atoms with van der Waals surface area (Å²) in [7, 11) is 1.55. The van der Waals surface area contributed by atoms with E-state index in [0.29, 0.717) is 23.6 Å². The van der Waals surface area contributed by atoms with Crippen LogP contribution in [-0.4, -0.2) is 41.1 Å². The predicted octanol–water partition coefficient (Wildman–Crippen LogP) is 4.84. The van der Waals surface area contributed by atoms with E-state index in [1.807, 2.05) is 37.6 Å². The Hall–Kier alpha value is -4.02. The maximum absolute atomic E-state index is 13.1. The van der Waals surface area contributed by atoms with Crippen molar-refractivity contribution in [1.82, 2.24) is 29.3 Å². The molecule has 8 nitrogen and oxygen atoms in total. The fourth-order valence-corrected chi connectivity index (χ4v) is 4.69. The van der Waals surface area contributed by atoms with Crippen molar-refractivity contribution in [1.29, 1.82) is 0 Å². The van der Waals surface area contributed by atoms with Crippen LogP contribution in [0.1, 0.15) is 55.7 Å². The van der Waals surface area contributed by atoms with E-state index < -0.39 is 11.9 Å². The molecule has 1 aliphatic rings. The summed E-state index contributed by atoms with van der Waals surface area (Å²) in [5.41, 5.74) is 10.6. The average molecular weight is 523 g/mol. The third kappa shape index (κ3) is 4.80. The van der Waals surface area contributed by atoms with E-state index in [-0.39, 0.29) is 11.9 Å². The Bertz CT molecular complexity index is 1560. The molecular weight excluding hydrogens is 493 g/mol. The van der Waals surface area contributed by atoms with Crippen molar-refractivity contribution in [2.24, 2.45) is 17.8 Å². The number of imidazole rings is 1. The van der Waals surface area contributed by atoms with Crippen molar-refractivity contribution >= 4 is 16.7 Å². The first-order valence-corrected chi connectivity index (χ1v) is 12.5. The van der Waals surface area contributed by atoms with Gasteiger partial charge < -0.3 is 10.3 Å². The van der Waals surface area contributed by atoms with E-state index in [9.17, 15) is 13.2 Å². The SMILES string of the molecule is C/C(=C/N)C(=NC(C)C)c1nc2c3c(nn(Cc4ccc(-c5nc(C(F)(F)F)cn5C)cc4)c3n1)CCC2. The number of rotatable bonds is 6. The van der Waals surface area contributed by atoms with Gasteiger partial charge in [-0.1, -0.05) is 24.3 Å². The van der Waals surface area contributed by atoms with Gasteiger partial charge in [-0.3, -0.25) is 4.99 Å². The van der Waals surface area contributed by atoms with Crippen LogP contribution in [0, 0.1) is 0 Å². The van der Waals surface area contributed by atoms with Crippen LogP contribution in [0.2, 0.25) is 0 Å². The summed E-state index contributed by atoms with van der Waals surface area (Å²) in [5.74, 6) is 0.782. The molecule has 2 N–H and O–H groups in total. The number of nitrogens with two attached hydrogens (primary N) is 1. The topological polar surface area (TPSA) is 99.8 Å². The number of aryl methyl sites for hydroxylation is 3. The zero-order chi connectivity index (χ0) is 27.2. The van der Waals surface area contributed by atoms with Gasteiger partial charge in [0, 0.05) is 24.8 Å². The Morgan fingerprint density at radius 3 is 2.45 bits per heavy atom. The molecule has 0 radical (unpaired) electrons. The number of hydrogen-bond acceptors (Lipinski definition) is 6. The molecule has 0 amide bonds. The van der Waals surface area contributed by atoms with Crippen LogP contribution >= 0.6 is 0 Å². The van der Waals surface area contributed by atoms with E-state index >= 15 is 0 Å². The molecule has 198 valence electrons. The number of allylic oxidation sites excluding steroid dienone is 1. The molecule has 11 heteroatoms. The number of aliphatic imine (C=N–C) groups is 1. The minimum atomic E-state index is -4.49. The smallest absolute Gasteiger partial charge is 0.404 e. The van der Waals surface area contributed by atoms with Gasteiger partial charge in [-0.25, -0.2) is 19.6 Å².